The van der Waals surface area contributed by atoms with Crippen LogP contribution < -0.4 is 10.6 Å². The molecule has 0 amide bonds. The zero-order valence-corrected chi connectivity index (χ0v) is 19.2. The van der Waals surface area contributed by atoms with E-state index in [1.54, 1.807) is 0 Å². The summed E-state index contributed by atoms with van der Waals surface area (Å²) in [5, 5.41) is 8.05. The maximum Gasteiger partial charge on any atom is 0.191 e. The van der Waals surface area contributed by atoms with Crippen LogP contribution in [-0.4, -0.2) is 35.6 Å². The summed E-state index contributed by atoms with van der Waals surface area (Å²) in [5.41, 5.74) is 6.07. The number of benzene rings is 1. The Bertz CT molecular complexity index is 899. The molecular formula is C22H30IN5. The van der Waals surface area contributed by atoms with Gasteiger partial charge >= 0.3 is 0 Å². The predicted octanol–water partition coefficient (Wildman–Crippen LogP) is 4.14. The highest BCUT2D eigenvalue weighted by atomic mass is 127. The molecule has 2 heterocycles. The van der Waals surface area contributed by atoms with E-state index in [4.69, 9.17) is 4.99 Å². The van der Waals surface area contributed by atoms with Gasteiger partial charge in [-0.25, -0.2) is 0 Å². The lowest BCUT2D eigenvalue weighted by atomic mass is 10.1. The van der Waals surface area contributed by atoms with Crippen LogP contribution in [-0.2, 0) is 12.8 Å². The normalized spacial score (nSPS) is 11.3. The Labute approximate surface area is 184 Å². The first-order chi connectivity index (χ1) is 13.2. The van der Waals surface area contributed by atoms with Crippen molar-refractivity contribution < 1.29 is 0 Å². The van der Waals surface area contributed by atoms with Crippen LogP contribution in [0.1, 0.15) is 29.4 Å². The average molecular weight is 491 g/mol. The highest BCUT2D eigenvalue weighted by Crippen LogP contribution is 2.22. The molecule has 6 heteroatoms. The van der Waals surface area contributed by atoms with Gasteiger partial charge in [-0.2, -0.15) is 0 Å². The maximum atomic E-state index is 4.75. The largest absolute Gasteiger partial charge is 0.358 e. The first-order valence-corrected chi connectivity index (χ1v) is 9.67. The summed E-state index contributed by atoms with van der Waals surface area (Å²) in [6.45, 7) is 8.67. The number of fused-ring (bicyclic) bond motifs is 1. The molecule has 28 heavy (non-hydrogen) atoms. The van der Waals surface area contributed by atoms with E-state index in [0.29, 0.717) is 0 Å². The fourth-order valence-electron chi connectivity index (χ4n) is 3.25. The minimum Gasteiger partial charge on any atom is -0.358 e. The van der Waals surface area contributed by atoms with Gasteiger partial charge in [-0.1, -0.05) is 24.3 Å². The second-order valence-electron chi connectivity index (χ2n) is 6.77. The third-order valence-electron chi connectivity index (χ3n) is 4.68. The van der Waals surface area contributed by atoms with Crippen LogP contribution in [0.25, 0.3) is 10.9 Å². The van der Waals surface area contributed by atoms with Crippen molar-refractivity contribution in [3.05, 3.63) is 65.1 Å². The number of aryl methyl sites for hydroxylation is 2. The lowest BCUT2D eigenvalue weighted by Gasteiger charge is -2.11. The van der Waals surface area contributed by atoms with Crippen LogP contribution in [0.4, 0.5) is 0 Å². The van der Waals surface area contributed by atoms with Gasteiger partial charge in [-0.05, 0) is 56.9 Å². The van der Waals surface area contributed by atoms with E-state index in [0.717, 1.165) is 44.1 Å². The number of guanidine groups is 1. The Morgan fingerprint density at radius 1 is 1.07 bits per heavy atom. The molecule has 0 radical (unpaired) electrons. The van der Waals surface area contributed by atoms with Gasteiger partial charge in [0, 0.05) is 48.1 Å². The third kappa shape index (κ3) is 5.95. The van der Waals surface area contributed by atoms with E-state index in [-0.39, 0.29) is 24.0 Å². The van der Waals surface area contributed by atoms with E-state index in [9.17, 15) is 0 Å². The van der Waals surface area contributed by atoms with Gasteiger partial charge in [-0.15, -0.1) is 24.0 Å². The number of nitrogens with one attached hydrogen (secondary N) is 3. The molecule has 0 bridgehead atoms. The van der Waals surface area contributed by atoms with E-state index in [1.807, 2.05) is 13.1 Å². The summed E-state index contributed by atoms with van der Waals surface area (Å²) >= 11 is 0. The zero-order chi connectivity index (χ0) is 19.1. The maximum absolute atomic E-state index is 4.75. The average Bonchev–Trinajstić information content (AvgIpc) is 2.99. The van der Waals surface area contributed by atoms with Crippen LogP contribution in [0.2, 0.25) is 0 Å². The minimum atomic E-state index is 0. The fraction of sp³-hybridized carbons (Fsp3) is 0.364. The molecule has 2 aromatic heterocycles. The van der Waals surface area contributed by atoms with E-state index in [2.05, 4.69) is 70.8 Å². The van der Waals surface area contributed by atoms with Gasteiger partial charge < -0.3 is 15.6 Å². The molecule has 0 fully saturated rings. The summed E-state index contributed by atoms with van der Waals surface area (Å²) in [6, 6.07) is 12.6. The molecule has 0 atom stereocenters. The van der Waals surface area contributed by atoms with Crippen LogP contribution in [0.5, 0.6) is 0 Å². The number of para-hydroxylation sites is 1. The molecule has 150 valence electrons. The van der Waals surface area contributed by atoms with Crippen LogP contribution in [0.3, 0.4) is 0 Å². The summed E-state index contributed by atoms with van der Waals surface area (Å²) in [7, 11) is 0. The van der Waals surface area contributed by atoms with Crippen molar-refractivity contribution >= 4 is 40.8 Å². The molecule has 0 aliphatic rings. The van der Waals surface area contributed by atoms with Gasteiger partial charge in [0.1, 0.15) is 0 Å². The SMILES string of the molecule is CCNC(=NCCc1c(C)[nH]c2ccccc12)NCCc1ccc(C)nc1.I. The van der Waals surface area contributed by atoms with Crippen LogP contribution in [0.15, 0.2) is 47.6 Å². The number of aromatic nitrogens is 2. The van der Waals surface area contributed by atoms with Gasteiger partial charge in [0.05, 0.1) is 0 Å². The lowest BCUT2D eigenvalue weighted by Crippen LogP contribution is -2.38. The second kappa shape index (κ2) is 11.0. The summed E-state index contributed by atoms with van der Waals surface area (Å²) < 4.78 is 0. The lowest BCUT2D eigenvalue weighted by molar-refractivity contribution is 0.794. The van der Waals surface area contributed by atoms with Gasteiger partial charge in [0.15, 0.2) is 5.96 Å². The summed E-state index contributed by atoms with van der Waals surface area (Å²) in [6.07, 6.45) is 3.80. The molecular weight excluding hydrogens is 461 g/mol. The number of aromatic amines is 1. The molecule has 1 aromatic carbocycles. The Kier molecular flexibility index (Phi) is 8.76. The standard InChI is InChI=1S/C22H29N5.HI/c1-4-23-22(24-13-11-18-10-9-16(2)26-15-18)25-14-12-19-17(3)27-21-8-6-5-7-20(19)21;/h5-10,15,27H,4,11-14H2,1-3H3,(H2,23,24,25);1H. The van der Waals surface area contributed by atoms with Crippen molar-refractivity contribution in [3.8, 4) is 0 Å². The number of hydrogen-bond donors (Lipinski definition) is 3. The third-order valence-corrected chi connectivity index (χ3v) is 4.68. The number of halogens is 1. The smallest absolute Gasteiger partial charge is 0.191 e. The minimum absolute atomic E-state index is 0. The van der Waals surface area contributed by atoms with Crippen molar-refractivity contribution in [2.45, 2.75) is 33.6 Å². The van der Waals surface area contributed by atoms with E-state index >= 15 is 0 Å². The molecule has 0 aliphatic heterocycles. The van der Waals surface area contributed by atoms with Gasteiger partial charge in [0.2, 0.25) is 0 Å². The zero-order valence-electron chi connectivity index (χ0n) is 16.9. The summed E-state index contributed by atoms with van der Waals surface area (Å²) in [5.74, 6) is 0.870. The van der Waals surface area contributed by atoms with Crippen molar-refractivity contribution in [2.75, 3.05) is 19.6 Å². The monoisotopic (exact) mass is 491 g/mol. The Morgan fingerprint density at radius 3 is 2.64 bits per heavy atom. The van der Waals surface area contributed by atoms with Crippen molar-refractivity contribution in [1.82, 2.24) is 20.6 Å². The quantitative estimate of drug-likeness (QED) is 0.265. The molecule has 0 saturated carbocycles. The number of hydrogen-bond acceptors (Lipinski definition) is 2. The van der Waals surface area contributed by atoms with Crippen LogP contribution in [0, 0.1) is 13.8 Å². The number of rotatable bonds is 7. The number of aliphatic imine (C=N–C) groups is 1. The molecule has 3 N–H and O–H groups in total. The summed E-state index contributed by atoms with van der Waals surface area (Å²) in [4.78, 5) is 12.6. The number of pyridine rings is 1. The topological polar surface area (TPSA) is 65.1 Å². The van der Waals surface area contributed by atoms with E-state index < -0.39 is 0 Å². The molecule has 0 aliphatic carbocycles. The van der Waals surface area contributed by atoms with Gasteiger partial charge in [0.25, 0.3) is 0 Å². The molecule has 0 unspecified atom stereocenters. The van der Waals surface area contributed by atoms with Crippen molar-refractivity contribution in [2.24, 2.45) is 4.99 Å². The van der Waals surface area contributed by atoms with E-state index in [1.165, 1.54) is 27.7 Å². The Hall–Kier alpha value is -2.09. The fourth-order valence-corrected chi connectivity index (χ4v) is 3.25. The molecule has 5 nitrogen and oxygen atoms in total. The molecule has 3 aromatic rings. The second-order valence-corrected chi connectivity index (χ2v) is 6.77. The molecule has 0 spiro atoms. The van der Waals surface area contributed by atoms with Crippen molar-refractivity contribution in [1.29, 1.82) is 0 Å². The van der Waals surface area contributed by atoms with Gasteiger partial charge in [-0.3, -0.25) is 9.98 Å². The van der Waals surface area contributed by atoms with Crippen LogP contribution >= 0.6 is 24.0 Å². The first-order valence-electron chi connectivity index (χ1n) is 9.67. The number of nitrogens with zero attached hydrogens (tertiary/aromatic N) is 2. The highest BCUT2D eigenvalue weighted by Gasteiger charge is 2.07. The molecule has 3 rings (SSSR count). The first kappa shape index (κ1) is 22.2. The number of H-pyrrole nitrogens is 1. The molecule has 0 saturated heterocycles. The van der Waals surface area contributed by atoms with Crippen molar-refractivity contribution in [3.63, 3.8) is 0 Å². The predicted molar refractivity (Wildman–Crippen MR) is 129 cm³/mol. The highest BCUT2D eigenvalue weighted by molar-refractivity contribution is 14.0. The Balaban J connectivity index is 0.00000280. The Morgan fingerprint density at radius 2 is 1.89 bits per heavy atom.